The molecule has 3 aromatic carbocycles. The predicted octanol–water partition coefficient (Wildman–Crippen LogP) is 2.37. The smallest absolute Gasteiger partial charge is 0.254 e. The van der Waals surface area contributed by atoms with Gasteiger partial charge in [-0.25, -0.2) is 0 Å². The van der Waals surface area contributed by atoms with Crippen molar-refractivity contribution in [3.63, 3.8) is 0 Å². The first kappa shape index (κ1) is 20.4. The lowest BCUT2D eigenvalue weighted by atomic mass is 9.85. The van der Waals surface area contributed by atoms with Gasteiger partial charge in [-0.3, -0.25) is 9.59 Å². The van der Waals surface area contributed by atoms with Crippen molar-refractivity contribution in [1.82, 2.24) is 9.80 Å². The quantitative estimate of drug-likeness (QED) is 0.669. The lowest BCUT2D eigenvalue weighted by Crippen LogP contribution is -2.61. The van der Waals surface area contributed by atoms with E-state index in [1.807, 2.05) is 60.7 Å². The zero-order valence-electron chi connectivity index (χ0n) is 17.5. The number of aliphatic hydroxyl groups is 2. The van der Waals surface area contributed by atoms with E-state index < -0.39 is 11.2 Å². The number of carbonyl (C=O) groups is 2. The number of amides is 2. The Labute approximate surface area is 186 Å². The van der Waals surface area contributed by atoms with Gasteiger partial charge in [0.15, 0.2) is 0 Å². The topological polar surface area (TPSA) is 81.1 Å². The Kier molecular flexibility index (Phi) is 4.84. The van der Waals surface area contributed by atoms with E-state index in [1.54, 1.807) is 34.1 Å². The van der Waals surface area contributed by atoms with Crippen molar-refractivity contribution in [3.05, 3.63) is 107 Å². The molecule has 2 N–H and O–H groups in total. The molecule has 2 aliphatic rings. The minimum Gasteiger partial charge on any atom is -0.381 e. The molecule has 0 aliphatic carbocycles. The van der Waals surface area contributed by atoms with Crippen molar-refractivity contribution in [2.24, 2.45) is 0 Å². The molecule has 6 heteroatoms. The number of likely N-dealkylation sites (tertiary alicyclic amines) is 2. The van der Waals surface area contributed by atoms with Crippen LogP contribution in [0.1, 0.15) is 31.8 Å². The van der Waals surface area contributed by atoms with Crippen molar-refractivity contribution >= 4 is 11.8 Å². The summed E-state index contributed by atoms with van der Waals surface area (Å²) in [6, 6.07) is 25.3. The number of carbonyl (C=O) groups excluding carboxylic acids is 2. The van der Waals surface area contributed by atoms with E-state index in [1.165, 1.54) is 0 Å². The molecule has 32 heavy (non-hydrogen) atoms. The molecule has 2 heterocycles. The van der Waals surface area contributed by atoms with Gasteiger partial charge >= 0.3 is 0 Å². The average Bonchev–Trinajstić information content (AvgIpc) is 2.80. The number of nitrogens with zero attached hydrogens (tertiary/aromatic N) is 2. The summed E-state index contributed by atoms with van der Waals surface area (Å²) < 4.78 is 0. The van der Waals surface area contributed by atoms with E-state index in [2.05, 4.69) is 0 Å². The van der Waals surface area contributed by atoms with E-state index in [0.29, 0.717) is 11.1 Å². The minimum absolute atomic E-state index is 0.213. The fourth-order valence-corrected chi connectivity index (χ4v) is 4.47. The maximum Gasteiger partial charge on any atom is 0.254 e. The molecule has 0 radical (unpaired) electrons. The van der Waals surface area contributed by atoms with Crippen LogP contribution in [-0.2, 0) is 11.2 Å². The highest BCUT2D eigenvalue weighted by Crippen LogP contribution is 2.34. The Morgan fingerprint density at radius 1 is 0.594 bits per heavy atom. The molecule has 2 fully saturated rings. The Bertz CT molecular complexity index is 1060. The maximum atomic E-state index is 12.9. The summed E-state index contributed by atoms with van der Waals surface area (Å²) in [6.45, 7) is 0.850. The molecular formula is C26H24N2O4. The van der Waals surface area contributed by atoms with Crippen molar-refractivity contribution in [3.8, 4) is 0 Å². The molecule has 0 aromatic heterocycles. The van der Waals surface area contributed by atoms with Crippen LogP contribution >= 0.6 is 0 Å². The fraction of sp³-hybridized carbons (Fsp3) is 0.231. The number of β-amino-alcohol motifs (C(OH)–C–C–N with tert-alkyl or cyclic N) is 2. The molecule has 0 spiro atoms. The van der Waals surface area contributed by atoms with Crippen LogP contribution in [0.15, 0.2) is 84.9 Å². The molecular weight excluding hydrogens is 404 g/mol. The van der Waals surface area contributed by atoms with Crippen LogP contribution in [0.25, 0.3) is 0 Å². The molecule has 162 valence electrons. The molecule has 0 unspecified atom stereocenters. The van der Waals surface area contributed by atoms with Crippen LogP contribution in [0.2, 0.25) is 0 Å². The first-order chi connectivity index (χ1) is 15.4. The van der Waals surface area contributed by atoms with Crippen LogP contribution < -0.4 is 0 Å². The number of hydrogen-bond acceptors (Lipinski definition) is 4. The minimum atomic E-state index is -1.04. The van der Waals surface area contributed by atoms with Gasteiger partial charge in [-0.05, 0) is 29.3 Å². The third-order valence-corrected chi connectivity index (χ3v) is 6.36. The van der Waals surface area contributed by atoms with E-state index in [0.717, 1.165) is 11.1 Å². The molecule has 3 aromatic rings. The van der Waals surface area contributed by atoms with Gasteiger partial charge in [0.1, 0.15) is 11.2 Å². The molecule has 0 bridgehead atoms. The average molecular weight is 428 g/mol. The summed E-state index contributed by atoms with van der Waals surface area (Å²) in [4.78, 5) is 29.0. The second-order valence-corrected chi connectivity index (χ2v) is 8.70. The van der Waals surface area contributed by atoms with Crippen molar-refractivity contribution < 1.29 is 19.8 Å². The van der Waals surface area contributed by atoms with Gasteiger partial charge in [-0.15, -0.1) is 0 Å². The van der Waals surface area contributed by atoms with Crippen molar-refractivity contribution in [1.29, 1.82) is 0 Å². The van der Waals surface area contributed by atoms with Crippen molar-refractivity contribution in [2.75, 3.05) is 26.2 Å². The van der Waals surface area contributed by atoms with Crippen LogP contribution in [0.5, 0.6) is 0 Å². The van der Waals surface area contributed by atoms with Gasteiger partial charge in [0.05, 0.1) is 26.2 Å². The van der Waals surface area contributed by atoms with Crippen LogP contribution in [-0.4, -0.2) is 58.0 Å². The Hall–Kier alpha value is -3.48. The third kappa shape index (κ3) is 3.47. The highest BCUT2D eigenvalue weighted by atomic mass is 16.3. The third-order valence-electron chi connectivity index (χ3n) is 6.36. The molecule has 2 amide bonds. The van der Waals surface area contributed by atoms with Crippen LogP contribution in [0, 0.1) is 0 Å². The second-order valence-electron chi connectivity index (χ2n) is 8.70. The van der Waals surface area contributed by atoms with Gasteiger partial charge in [0.2, 0.25) is 0 Å². The zero-order chi connectivity index (χ0) is 22.3. The van der Waals surface area contributed by atoms with E-state index >= 15 is 0 Å². The fourth-order valence-electron chi connectivity index (χ4n) is 4.47. The van der Waals surface area contributed by atoms with Crippen LogP contribution in [0.3, 0.4) is 0 Å². The van der Waals surface area contributed by atoms with Gasteiger partial charge in [-0.1, -0.05) is 66.7 Å². The predicted molar refractivity (Wildman–Crippen MR) is 119 cm³/mol. The van der Waals surface area contributed by atoms with Crippen molar-refractivity contribution in [2.45, 2.75) is 11.2 Å². The normalized spacial score (nSPS) is 18.4. The highest BCUT2D eigenvalue weighted by molar-refractivity contribution is 6.00. The van der Waals surface area contributed by atoms with Gasteiger partial charge in [0.25, 0.3) is 11.8 Å². The first-order valence-corrected chi connectivity index (χ1v) is 10.6. The zero-order valence-corrected chi connectivity index (χ0v) is 17.5. The van der Waals surface area contributed by atoms with E-state index in [-0.39, 0.29) is 38.0 Å². The Morgan fingerprint density at radius 3 is 1.34 bits per heavy atom. The maximum absolute atomic E-state index is 12.9. The Balaban J connectivity index is 1.25. The number of rotatable bonds is 4. The lowest BCUT2D eigenvalue weighted by molar-refractivity contribution is -0.0866. The standard InChI is InChI=1S/C26H24N2O4/c29-23(27-15-25(31,16-27)21-10-3-1-4-11-21)19-8-7-9-20(14-19)24(30)28-17-26(32,18-28)22-12-5-2-6-13-22/h1-14,31-32H,15-18H2. The molecule has 6 nitrogen and oxygen atoms in total. The number of benzene rings is 3. The second kappa shape index (κ2) is 7.58. The summed E-state index contributed by atoms with van der Waals surface area (Å²) in [7, 11) is 0. The molecule has 2 aliphatic heterocycles. The largest absolute Gasteiger partial charge is 0.381 e. The number of hydrogen-bond donors (Lipinski definition) is 2. The molecule has 0 atom stereocenters. The Morgan fingerprint density at radius 2 is 0.969 bits per heavy atom. The summed E-state index contributed by atoms with van der Waals surface area (Å²) in [6.07, 6.45) is 0. The monoisotopic (exact) mass is 428 g/mol. The van der Waals surface area contributed by atoms with E-state index in [4.69, 9.17) is 0 Å². The summed E-state index contributed by atoms with van der Waals surface area (Å²) in [5, 5.41) is 21.5. The molecule has 2 saturated heterocycles. The van der Waals surface area contributed by atoms with Gasteiger partial charge in [-0.2, -0.15) is 0 Å². The van der Waals surface area contributed by atoms with Gasteiger partial charge < -0.3 is 20.0 Å². The van der Waals surface area contributed by atoms with Gasteiger partial charge in [0, 0.05) is 11.1 Å². The van der Waals surface area contributed by atoms with Crippen LogP contribution in [0.4, 0.5) is 0 Å². The summed E-state index contributed by atoms with van der Waals surface area (Å²) >= 11 is 0. The summed E-state index contributed by atoms with van der Waals surface area (Å²) in [5.41, 5.74) is 0.316. The van der Waals surface area contributed by atoms with E-state index in [9.17, 15) is 19.8 Å². The highest BCUT2D eigenvalue weighted by Gasteiger charge is 2.46. The lowest BCUT2D eigenvalue weighted by Gasteiger charge is -2.47. The molecule has 0 saturated carbocycles. The summed E-state index contributed by atoms with van der Waals surface area (Å²) in [5.74, 6) is -0.436. The first-order valence-electron chi connectivity index (χ1n) is 10.6. The molecule has 5 rings (SSSR count). The SMILES string of the molecule is O=C(c1cccc(C(=O)N2CC(O)(c3ccccc3)C2)c1)N1CC(O)(c2ccccc2)C1.